The molecule has 1 aromatic carbocycles. The van der Waals surface area contributed by atoms with Crippen LogP contribution < -0.4 is 5.32 Å². The molecule has 0 spiro atoms. The third kappa shape index (κ3) is 4.39. The summed E-state index contributed by atoms with van der Waals surface area (Å²) in [6.07, 6.45) is 1.89. The minimum absolute atomic E-state index is 0.0161. The zero-order valence-electron chi connectivity index (χ0n) is 14.7. The molecular formula is C19H22N4OS. The van der Waals surface area contributed by atoms with Crippen LogP contribution in [0.5, 0.6) is 0 Å². The molecule has 130 valence electrons. The molecule has 0 bridgehead atoms. The van der Waals surface area contributed by atoms with Gasteiger partial charge in [0.25, 0.3) is 0 Å². The van der Waals surface area contributed by atoms with Crippen LogP contribution in [0, 0.1) is 0 Å². The summed E-state index contributed by atoms with van der Waals surface area (Å²) in [5.74, 6) is 1.09. The van der Waals surface area contributed by atoms with E-state index in [9.17, 15) is 4.79 Å². The number of amides is 1. The van der Waals surface area contributed by atoms with Crippen molar-refractivity contribution in [3.63, 3.8) is 0 Å². The number of carbonyl (C=O) groups is 1. The van der Waals surface area contributed by atoms with Gasteiger partial charge >= 0.3 is 0 Å². The van der Waals surface area contributed by atoms with Crippen molar-refractivity contribution >= 4 is 23.3 Å². The van der Waals surface area contributed by atoms with Crippen LogP contribution in [0.25, 0.3) is 5.65 Å². The molecule has 0 saturated carbocycles. The Kier molecular flexibility index (Phi) is 5.08. The van der Waals surface area contributed by atoms with Gasteiger partial charge in [-0.15, -0.1) is 22.0 Å². The van der Waals surface area contributed by atoms with Gasteiger partial charge in [-0.25, -0.2) is 0 Å². The standard InChI is InChI=1S/C19H22N4OS/c1-19(2,3)14-7-9-15(10-8-14)25-13-18(24)20-12-17-22-21-16-6-4-5-11-23(16)17/h4-11H,12-13H2,1-3H3,(H,20,24). The van der Waals surface area contributed by atoms with Gasteiger partial charge in [-0.1, -0.05) is 39.0 Å². The summed E-state index contributed by atoms with van der Waals surface area (Å²) < 4.78 is 1.87. The number of hydrogen-bond acceptors (Lipinski definition) is 4. The van der Waals surface area contributed by atoms with Crippen LogP contribution in [0.15, 0.2) is 53.6 Å². The highest BCUT2D eigenvalue weighted by Crippen LogP contribution is 2.25. The van der Waals surface area contributed by atoms with Crippen molar-refractivity contribution in [1.29, 1.82) is 0 Å². The molecule has 0 radical (unpaired) electrons. The zero-order chi connectivity index (χ0) is 17.9. The number of carbonyl (C=O) groups excluding carboxylic acids is 1. The SMILES string of the molecule is CC(C)(C)c1ccc(SCC(=O)NCc2nnc3ccccn23)cc1. The normalized spacial score (nSPS) is 11.6. The minimum Gasteiger partial charge on any atom is -0.348 e. The summed E-state index contributed by atoms with van der Waals surface area (Å²) in [4.78, 5) is 13.2. The fraction of sp³-hybridized carbons (Fsp3) is 0.316. The molecule has 1 amide bonds. The molecule has 5 nitrogen and oxygen atoms in total. The Bertz CT molecular complexity index is 865. The fourth-order valence-electron chi connectivity index (χ4n) is 2.44. The van der Waals surface area contributed by atoms with Gasteiger partial charge in [0.2, 0.25) is 5.91 Å². The van der Waals surface area contributed by atoms with Crippen LogP contribution in [0.2, 0.25) is 0 Å². The molecule has 0 atom stereocenters. The second kappa shape index (κ2) is 7.27. The van der Waals surface area contributed by atoms with E-state index in [1.165, 1.54) is 17.3 Å². The summed E-state index contributed by atoms with van der Waals surface area (Å²) in [6.45, 7) is 6.94. The Morgan fingerprint density at radius 2 is 1.88 bits per heavy atom. The van der Waals surface area contributed by atoms with Crippen molar-refractivity contribution in [2.45, 2.75) is 37.6 Å². The lowest BCUT2D eigenvalue weighted by atomic mass is 9.87. The summed E-state index contributed by atoms with van der Waals surface area (Å²) in [7, 11) is 0. The Labute approximate surface area is 151 Å². The number of rotatable bonds is 5. The summed E-state index contributed by atoms with van der Waals surface area (Å²) in [5.41, 5.74) is 2.21. The van der Waals surface area contributed by atoms with Gasteiger partial charge in [0.1, 0.15) is 0 Å². The van der Waals surface area contributed by atoms with E-state index in [-0.39, 0.29) is 11.3 Å². The molecular weight excluding hydrogens is 332 g/mol. The van der Waals surface area contributed by atoms with E-state index in [4.69, 9.17) is 0 Å². The predicted molar refractivity (Wildman–Crippen MR) is 101 cm³/mol. The van der Waals surface area contributed by atoms with Crippen LogP contribution in [0.4, 0.5) is 0 Å². The van der Waals surface area contributed by atoms with Crippen molar-refractivity contribution in [2.24, 2.45) is 0 Å². The van der Waals surface area contributed by atoms with E-state index in [0.717, 1.165) is 16.4 Å². The number of benzene rings is 1. The average Bonchev–Trinajstić information content (AvgIpc) is 3.01. The maximum atomic E-state index is 12.1. The maximum absolute atomic E-state index is 12.1. The molecule has 0 aliphatic heterocycles. The first kappa shape index (κ1) is 17.5. The van der Waals surface area contributed by atoms with Crippen LogP contribution in [-0.2, 0) is 16.8 Å². The van der Waals surface area contributed by atoms with Crippen LogP contribution in [-0.4, -0.2) is 26.3 Å². The lowest BCUT2D eigenvalue weighted by Gasteiger charge is -2.19. The quantitative estimate of drug-likeness (QED) is 0.713. The highest BCUT2D eigenvalue weighted by Gasteiger charge is 2.13. The van der Waals surface area contributed by atoms with Gasteiger partial charge in [-0.3, -0.25) is 9.20 Å². The average molecular weight is 354 g/mol. The number of thioether (sulfide) groups is 1. The second-order valence-electron chi connectivity index (χ2n) is 6.88. The third-order valence-corrected chi connectivity index (χ3v) is 4.93. The molecule has 0 aliphatic carbocycles. The Balaban J connectivity index is 1.51. The van der Waals surface area contributed by atoms with Crippen LogP contribution in [0.3, 0.4) is 0 Å². The van der Waals surface area contributed by atoms with E-state index >= 15 is 0 Å². The molecule has 0 fully saturated rings. The minimum atomic E-state index is -0.0161. The first-order valence-electron chi connectivity index (χ1n) is 8.22. The van der Waals surface area contributed by atoms with E-state index in [1.807, 2.05) is 28.8 Å². The van der Waals surface area contributed by atoms with E-state index < -0.39 is 0 Å². The largest absolute Gasteiger partial charge is 0.348 e. The highest BCUT2D eigenvalue weighted by molar-refractivity contribution is 8.00. The number of pyridine rings is 1. The molecule has 3 rings (SSSR count). The number of hydrogen-bond donors (Lipinski definition) is 1. The zero-order valence-corrected chi connectivity index (χ0v) is 15.5. The van der Waals surface area contributed by atoms with Crippen molar-refractivity contribution in [3.05, 3.63) is 60.0 Å². The van der Waals surface area contributed by atoms with Gasteiger partial charge in [0.15, 0.2) is 11.5 Å². The van der Waals surface area contributed by atoms with Crippen molar-refractivity contribution in [2.75, 3.05) is 5.75 Å². The number of fused-ring (bicyclic) bond motifs is 1. The van der Waals surface area contributed by atoms with Crippen LogP contribution in [0.1, 0.15) is 32.2 Å². The molecule has 3 aromatic rings. The van der Waals surface area contributed by atoms with Crippen molar-refractivity contribution in [3.8, 4) is 0 Å². The van der Waals surface area contributed by atoms with E-state index in [2.05, 4.69) is 60.6 Å². The van der Waals surface area contributed by atoms with Crippen molar-refractivity contribution < 1.29 is 4.79 Å². The van der Waals surface area contributed by atoms with E-state index in [0.29, 0.717) is 12.3 Å². The van der Waals surface area contributed by atoms with Crippen LogP contribution >= 0.6 is 11.8 Å². The monoisotopic (exact) mass is 354 g/mol. The summed E-state index contributed by atoms with van der Waals surface area (Å²) in [5, 5.41) is 11.1. The fourth-order valence-corrected chi connectivity index (χ4v) is 3.17. The Morgan fingerprint density at radius 1 is 1.12 bits per heavy atom. The number of nitrogens with one attached hydrogen (secondary N) is 1. The summed E-state index contributed by atoms with van der Waals surface area (Å²) >= 11 is 1.53. The van der Waals surface area contributed by atoms with Crippen molar-refractivity contribution in [1.82, 2.24) is 19.9 Å². The third-order valence-electron chi connectivity index (χ3n) is 3.92. The molecule has 0 aliphatic rings. The van der Waals surface area contributed by atoms with Gasteiger partial charge in [-0.2, -0.15) is 0 Å². The van der Waals surface area contributed by atoms with Gasteiger partial charge in [-0.05, 0) is 35.2 Å². The van der Waals surface area contributed by atoms with Gasteiger partial charge in [0, 0.05) is 11.1 Å². The first-order valence-corrected chi connectivity index (χ1v) is 9.21. The molecule has 0 unspecified atom stereocenters. The van der Waals surface area contributed by atoms with Gasteiger partial charge < -0.3 is 5.32 Å². The smallest absolute Gasteiger partial charge is 0.230 e. The molecule has 6 heteroatoms. The first-order chi connectivity index (χ1) is 11.9. The highest BCUT2D eigenvalue weighted by atomic mass is 32.2. The Hall–Kier alpha value is -2.34. The lowest BCUT2D eigenvalue weighted by Crippen LogP contribution is -2.25. The van der Waals surface area contributed by atoms with E-state index in [1.54, 1.807) is 0 Å². The maximum Gasteiger partial charge on any atom is 0.230 e. The predicted octanol–water partition coefficient (Wildman–Crippen LogP) is 3.44. The number of aromatic nitrogens is 3. The second-order valence-corrected chi connectivity index (χ2v) is 7.93. The van der Waals surface area contributed by atoms with Gasteiger partial charge in [0.05, 0.1) is 12.3 Å². The lowest BCUT2D eigenvalue weighted by molar-refractivity contribution is -0.118. The molecule has 2 heterocycles. The molecule has 25 heavy (non-hydrogen) atoms. The Morgan fingerprint density at radius 3 is 2.60 bits per heavy atom. The molecule has 1 N–H and O–H groups in total. The molecule has 0 saturated heterocycles. The topological polar surface area (TPSA) is 59.3 Å². The molecule has 2 aromatic heterocycles. The summed E-state index contributed by atoms with van der Waals surface area (Å²) in [6, 6.07) is 14.1. The number of nitrogens with zero attached hydrogens (tertiary/aromatic N) is 3.